The third-order valence-electron chi connectivity index (χ3n) is 5.36. The van der Waals surface area contributed by atoms with Crippen molar-refractivity contribution in [2.75, 3.05) is 18.5 Å². The first-order valence-corrected chi connectivity index (χ1v) is 9.91. The molecule has 30 heavy (non-hydrogen) atoms. The van der Waals surface area contributed by atoms with E-state index in [1.165, 1.54) is 0 Å². The Kier molecular flexibility index (Phi) is 4.72. The minimum absolute atomic E-state index is 0.209. The van der Waals surface area contributed by atoms with Crippen molar-refractivity contribution in [2.24, 2.45) is 0 Å². The molecule has 152 valence electrons. The van der Waals surface area contributed by atoms with Gasteiger partial charge in [-0.3, -0.25) is 4.79 Å². The number of nitrogens with zero attached hydrogens (tertiary/aromatic N) is 6. The Morgan fingerprint density at radius 1 is 1.20 bits per heavy atom. The molecule has 1 aliphatic rings. The van der Waals surface area contributed by atoms with Gasteiger partial charge in [-0.15, -0.1) is 10.2 Å². The molecule has 0 atom stereocenters. The highest BCUT2D eigenvalue weighted by molar-refractivity contribution is 6.09. The van der Waals surface area contributed by atoms with Crippen LogP contribution in [-0.4, -0.2) is 48.9 Å². The maximum atomic E-state index is 12.9. The van der Waals surface area contributed by atoms with E-state index in [4.69, 9.17) is 4.74 Å². The molecular weight excluding hydrogens is 382 g/mol. The number of amides is 1. The number of rotatable bonds is 4. The number of pyridine rings is 1. The van der Waals surface area contributed by atoms with E-state index in [9.17, 15) is 4.79 Å². The summed E-state index contributed by atoms with van der Waals surface area (Å²) >= 11 is 0. The predicted octanol–water partition coefficient (Wildman–Crippen LogP) is 2.90. The SMILES string of the molecule is Cc1ccc(-c2nnn(C3CCOCC3)n2)cc1NC(=O)c1cnn2ccccc12. The van der Waals surface area contributed by atoms with E-state index in [0.717, 1.165) is 29.5 Å². The zero-order chi connectivity index (χ0) is 20.5. The Labute approximate surface area is 172 Å². The van der Waals surface area contributed by atoms with Gasteiger partial charge in [-0.25, -0.2) is 4.52 Å². The van der Waals surface area contributed by atoms with Crippen LogP contribution in [-0.2, 0) is 4.74 Å². The number of ether oxygens (including phenoxy) is 1. The molecule has 5 rings (SSSR count). The average molecular weight is 403 g/mol. The van der Waals surface area contributed by atoms with Gasteiger partial charge in [-0.1, -0.05) is 18.2 Å². The summed E-state index contributed by atoms with van der Waals surface area (Å²) in [5.41, 5.74) is 3.72. The predicted molar refractivity (Wildman–Crippen MR) is 110 cm³/mol. The van der Waals surface area contributed by atoms with E-state index in [1.807, 2.05) is 49.5 Å². The number of carbonyl (C=O) groups excluding carboxylic acids is 1. The molecule has 1 amide bonds. The van der Waals surface area contributed by atoms with E-state index in [2.05, 4.69) is 25.8 Å². The molecule has 9 nitrogen and oxygen atoms in total. The number of hydrogen-bond donors (Lipinski definition) is 1. The molecule has 1 fully saturated rings. The molecule has 1 N–H and O–H groups in total. The molecule has 0 spiro atoms. The number of nitrogens with one attached hydrogen (secondary N) is 1. The molecule has 3 aromatic heterocycles. The van der Waals surface area contributed by atoms with Crippen LogP contribution < -0.4 is 5.32 Å². The third kappa shape index (κ3) is 3.43. The average Bonchev–Trinajstić information content (AvgIpc) is 3.43. The number of tetrazole rings is 1. The molecule has 9 heteroatoms. The zero-order valence-electron chi connectivity index (χ0n) is 16.5. The van der Waals surface area contributed by atoms with Crippen LogP contribution in [0.4, 0.5) is 5.69 Å². The molecule has 0 saturated carbocycles. The van der Waals surface area contributed by atoms with Crippen molar-refractivity contribution in [3.8, 4) is 11.4 Å². The Bertz CT molecular complexity index is 1210. The Morgan fingerprint density at radius 2 is 2.07 bits per heavy atom. The summed E-state index contributed by atoms with van der Waals surface area (Å²) in [6, 6.07) is 11.6. The lowest BCUT2D eigenvalue weighted by molar-refractivity contribution is 0.0616. The lowest BCUT2D eigenvalue weighted by Gasteiger charge is -2.20. The highest BCUT2D eigenvalue weighted by Gasteiger charge is 2.20. The van der Waals surface area contributed by atoms with Crippen LogP contribution in [0.25, 0.3) is 16.9 Å². The molecule has 1 saturated heterocycles. The first-order valence-electron chi connectivity index (χ1n) is 9.91. The summed E-state index contributed by atoms with van der Waals surface area (Å²) in [5, 5.41) is 20.2. The van der Waals surface area contributed by atoms with Crippen LogP contribution in [0.5, 0.6) is 0 Å². The number of benzene rings is 1. The van der Waals surface area contributed by atoms with Crippen LogP contribution in [0.15, 0.2) is 48.8 Å². The Balaban J connectivity index is 1.40. The normalized spacial score (nSPS) is 14.8. The van der Waals surface area contributed by atoms with Crippen molar-refractivity contribution in [2.45, 2.75) is 25.8 Å². The largest absolute Gasteiger partial charge is 0.381 e. The summed E-state index contributed by atoms with van der Waals surface area (Å²) in [6.45, 7) is 3.37. The lowest BCUT2D eigenvalue weighted by Crippen LogP contribution is -2.21. The van der Waals surface area contributed by atoms with E-state index in [-0.39, 0.29) is 11.9 Å². The topological polar surface area (TPSA) is 99.2 Å². The fourth-order valence-electron chi connectivity index (χ4n) is 3.61. The van der Waals surface area contributed by atoms with Crippen LogP contribution in [0, 0.1) is 6.92 Å². The van der Waals surface area contributed by atoms with E-state index >= 15 is 0 Å². The van der Waals surface area contributed by atoms with Gasteiger partial charge in [0.1, 0.15) is 0 Å². The van der Waals surface area contributed by atoms with Crippen LogP contribution in [0.2, 0.25) is 0 Å². The standard InChI is InChI=1S/C21H21N7O2/c1-14-5-6-15(20-24-26-28(25-20)16-7-10-30-11-8-16)12-18(14)23-21(29)17-13-22-27-9-3-2-4-19(17)27/h2-6,9,12-13,16H,7-8,10-11H2,1H3,(H,23,29). The van der Waals surface area contributed by atoms with Crippen LogP contribution in [0.3, 0.4) is 0 Å². The Hall–Kier alpha value is -3.59. The highest BCUT2D eigenvalue weighted by Crippen LogP contribution is 2.25. The third-order valence-corrected chi connectivity index (χ3v) is 5.36. The molecule has 0 unspecified atom stereocenters. The van der Waals surface area contributed by atoms with E-state index in [1.54, 1.807) is 15.5 Å². The quantitative estimate of drug-likeness (QED) is 0.562. The van der Waals surface area contributed by atoms with Crippen LogP contribution in [0.1, 0.15) is 34.8 Å². The maximum Gasteiger partial charge on any atom is 0.259 e. The van der Waals surface area contributed by atoms with Gasteiger partial charge in [-0.2, -0.15) is 9.90 Å². The number of carbonyl (C=O) groups is 1. The number of aromatic nitrogens is 6. The first kappa shape index (κ1) is 18.4. The molecule has 0 radical (unpaired) electrons. The lowest BCUT2D eigenvalue weighted by atomic mass is 10.1. The minimum atomic E-state index is -0.213. The molecular formula is C21H21N7O2. The second-order valence-corrected chi connectivity index (χ2v) is 7.35. The first-order chi connectivity index (χ1) is 14.7. The zero-order valence-corrected chi connectivity index (χ0v) is 16.5. The van der Waals surface area contributed by atoms with Crippen molar-refractivity contribution in [3.05, 3.63) is 59.9 Å². The van der Waals surface area contributed by atoms with Crippen molar-refractivity contribution in [3.63, 3.8) is 0 Å². The number of hydrogen-bond acceptors (Lipinski definition) is 6. The summed E-state index contributed by atoms with van der Waals surface area (Å²) in [7, 11) is 0. The molecule has 0 aliphatic carbocycles. The van der Waals surface area contributed by atoms with Gasteiger partial charge >= 0.3 is 0 Å². The summed E-state index contributed by atoms with van der Waals surface area (Å²) in [4.78, 5) is 14.6. The highest BCUT2D eigenvalue weighted by atomic mass is 16.5. The maximum absolute atomic E-state index is 12.9. The molecule has 0 bridgehead atoms. The number of aryl methyl sites for hydroxylation is 1. The Morgan fingerprint density at radius 3 is 2.93 bits per heavy atom. The van der Waals surface area contributed by atoms with Gasteiger partial charge in [0.2, 0.25) is 5.82 Å². The van der Waals surface area contributed by atoms with E-state index < -0.39 is 0 Å². The van der Waals surface area contributed by atoms with Gasteiger partial charge in [0.15, 0.2) is 0 Å². The molecule has 4 heterocycles. The summed E-state index contributed by atoms with van der Waals surface area (Å²) in [6.07, 6.45) is 5.14. The van der Waals surface area contributed by atoms with Crippen molar-refractivity contribution in [1.82, 2.24) is 29.8 Å². The number of anilines is 1. The van der Waals surface area contributed by atoms with Gasteiger partial charge in [-0.05, 0) is 48.7 Å². The van der Waals surface area contributed by atoms with Crippen molar-refractivity contribution in [1.29, 1.82) is 0 Å². The second kappa shape index (κ2) is 7.68. The monoisotopic (exact) mass is 403 g/mol. The van der Waals surface area contributed by atoms with Crippen molar-refractivity contribution < 1.29 is 9.53 Å². The van der Waals surface area contributed by atoms with Gasteiger partial charge in [0.05, 0.1) is 23.3 Å². The van der Waals surface area contributed by atoms with Gasteiger partial charge in [0, 0.05) is 30.7 Å². The second-order valence-electron chi connectivity index (χ2n) is 7.35. The molecule has 4 aromatic rings. The molecule has 1 aliphatic heterocycles. The van der Waals surface area contributed by atoms with Crippen molar-refractivity contribution >= 4 is 17.1 Å². The fourth-order valence-corrected chi connectivity index (χ4v) is 3.61. The fraction of sp³-hybridized carbons (Fsp3) is 0.286. The smallest absolute Gasteiger partial charge is 0.259 e. The van der Waals surface area contributed by atoms with Gasteiger partial charge in [0.25, 0.3) is 5.91 Å². The summed E-state index contributed by atoms with van der Waals surface area (Å²) < 4.78 is 7.08. The van der Waals surface area contributed by atoms with Crippen LogP contribution >= 0.6 is 0 Å². The minimum Gasteiger partial charge on any atom is -0.381 e. The van der Waals surface area contributed by atoms with Gasteiger partial charge < -0.3 is 10.1 Å². The van der Waals surface area contributed by atoms with E-state index in [0.29, 0.717) is 30.3 Å². The molecule has 1 aromatic carbocycles. The number of fused-ring (bicyclic) bond motifs is 1. The summed E-state index contributed by atoms with van der Waals surface area (Å²) in [5.74, 6) is 0.322.